The Hall–Kier alpha value is -1.85. The van der Waals surface area contributed by atoms with Crippen molar-refractivity contribution in [1.82, 2.24) is 4.90 Å². The van der Waals surface area contributed by atoms with Crippen molar-refractivity contribution in [2.24, 2.45) is 0 Å². The van der Waals surface area contributed by atoms with Crippen LogP contribution in [0.5, 0.6) is 0 Å². The molecule has 26 heavy (non-hydrogen) atoms. The molecule has 0 saturated carbocycles. The van der Waals surface area contributed by atoms with Crippen LogP contribution in [0.1, 0.15) is 34.8 Å². The van der Waals surface area contributed by atoms with Crippen molar-refractivity contribution in [2.45, 2.75) is 32.4 Å². The number of hydrogen-bond acceptors (Lipinski definition) is 3. The van der Waals surface area contributed by atoms with E-state index in [9.17, 15) is 13.2 Å². The Morgan fingerprint density at radius 2 is 1.77 bits per heavy atom. The summed E-state index contributed by atoms with van der Waals surface area (Å²) in [5.74, 6) is -0.0908. The van der Waals surface area contributed by atoms with E-state index in [0.29, 0.717) is 23.6 Å². The summed E-state index contributed by atoms with van der Waals surface area (Å²) < 4.78 is 23.9. The fraction of sp³-hybridized carbons (Fsp3) is 0.350. The molecule has 0 spiro atoms. The highest BCUT2D eigenvalue weighted by molar-refractivity contribution is 7.91. The molecule has 0 aromatic heterocycles. The van der Waals surface area contributed by atoms with Crippen molar-refractivity contribution in [2.75, 3.05) is 11.5 Å². The van der Waals surface area contributed by atoms with Gasteiger partial charge in [0.15, 0.2) is 9.84 Å². The van der Waals surface area contributed by atoms with Crippen molar-refractivity contribution in [3.8, 4) is 0 Å². The molecule has 1 amide bonds. The number of carbonyl (C=O) groups is 1. The number of rotatable bonds is 5. The lowest BCUT2D eigenvalue weighted by Crippen LogP contribution is -2.40. The first-order valence-electron chi connectivity index (χ1n) is 8.73. The van der Waals surface area contributed by atoms with Gasteiger partial charge < -0.3 is 4.90 Å². The lowest BCUT2D eigenvalue weighted by atomic mass is 10.1. The van der Waals surface area contributed by atoms with Crippen molar-refractivity contribution in [1.29, 1.82) is 0 Å². The summed E-state index contributed by atoms with van der Waals surface area (Å²) in [5, 5.41) is 0.379. The first-order valence-corrected chi connectivity index (χ1v) is 10.9. The molecule has 1 fully saturated rings. The third-order valence-corrected chi connectivity index (χ3v) is 6.88. The van der Waals surface area contributed by atoms with Gasteiger partial charge in [-0.05, 0) is 36.1 Å². The Balaban J connectivity index is 1.91. The predicted octanol–water partition coefficient (Wildman–Crippen LogP) is 3.73. The summed E-state index contributed by atoms with van der Waals surface area (Å²) in [6, 6.07) is 14.6. The van der Waals surface area contributed by atoms with Crippen LogP contribution < -0.4 is 0 Å². The van der Waals surface area contributed by atoms with Gasteiger partial charge in [-0.15, -0.1) is 0 Å². The van der Waals surface area contributed by atoms with Crippen LogP contribution in [0, 0.1) is 0 Å². The molecule has 1 aliphatic rings. The lowest BCUT2D eigenvalue weighted by molar-refractivity contribution is 0.0681. The number of hydrogen-bond donors (Lipinski definition) is 0. The van der Waals surface area contributed by atoms with Gasteiger partial charge in [-0.3, -0.25) is 4.79 Å². The maximum absolute atomic E-state index is 13.1. The second-order valence-electron chi connectivity index (χ2n) is 6.64. The number of sulfone groups is 1. The fourth-order valence-corrected chi connectivity index (χ4v) is 5.20. The van der Waals surface area contributed by atoms with Gasteiger partial charge in [0.25, 0.3) is 5.91 Å². The van der Waals surface area contributed by atoms with Crippen LogP contribution in [-0.2, 0) is 22.8 Å². The number of carbonyl (C=O) groups excluding carboxylic acids is 1. The zero-order valence-corrected chi connectivity index (χ0v) is 16.3. The largest absolute Gasteiger partial charge is 0.330 e. The Kier molecular flexibility index (Phi) is 5.68. The average molecular weight is 392 g/mol. The molecule has 4 nitrogen and oxygen atoms in total. The molecule has 3 rings (SSSR count). The SMILES string of the molecule is CCc1ccc(CN(C(=O)c2ccccc2Cl)[C@H]2CCS(=O)(=O)C2)cc1. The van der Waals surface area contributed by atoms with Crippen LogP contribution in [0.2, 0.25) is 5.02 Å². The summed E-state index contributed by atoms with van der Waals surface area (Å²) in [4.78, 5) is 14.8. The van der Waals surface area contributed by atoms with Gasteiger partial charge in [0.05, 0.1) is 22.1 Å². The molecule has 2 aromatic rings. The minimum absolute atomic E-state index is 0.0102. The van der Waals surface area contributed by atoms with Crippen molar-refractivity contribution in [3.63, 3.8) is 0 Å². The second-order valence-corrected chi connectivity index (χ2v) is 9.28. The minimum Gasteiger partial charge on any atom is -0.330 e. The molecule has 2 aromatic carbocycles. The Morgan fingerprint density at radius 1 is 1.12 bits per heavy atom. The van der Waals surface area contributed by atoms with Crippen LogP contribution in [0.25, 0.3) is 0 Å². The standard InChI is InChI=1S/C20H22ClNO3S/c1-2-15-7-9-16(10-8-15)13-22(17-11-12-26(24,25)14-17)20(23)18-5-3-4-6-19(18)21/h3-10,17H,2,11-14H2,1H3/t17-/m0/s1. The van der Waals surface area contributed by atoms with E-state index in [1.165, 1.54) is 5.56 Å². The maximum atomic E-state index is 13.1. The number of amides is 1. The number of benzene rings is 2. The molecule has 138 valence electrons. The molecule has 1 saturated heterocycles. The first-order chi connectivity index (χ1) is 12.4. The highest BCUT2D eigenvalue weighted by Gasteiger charge is 2.35. The molecule has 0 aliphatic carbocycles. The van der Waals surface area contributed by atoms with Crippen LogP contribution >= 0.6 is 11.6 Å². The molecule has 0 radical (unpaired) electrons. The van der Waals surface area contributed by atoms with Gasteiger partial charge >= 0.3 is 0 Å². The third kappa shape index (κ3) is 4.27. The van der Waals surface area contributed by atoms with E-state index in [1.54, 1.807) is 29.2 Å². The van der Waals surface area contributed by atoms with Gasteiger partial charge in [0.2, 0.25) is 0 Å². The van der Waals surface area contributed by atoms with E-state index in [1.807, 2.05) is 24.3 Å². The predicted molar refractivity (Wildman–Crippen MR) is 104 cm³/mol. The summed E-state index contributed by atoms with van der Waals surface area (Å²) >= 11 is 6.20. The second kappa shape index (κ2) is 7.80. The van der Waals surface area contributed by atoms with Gasteiger partial charge in [0.1, 0.15) is 0 Å². The highest BCUT2D eigenvalue weighted by Crippen LogP contribution is 2.25. The molecule has 1 aliphatic heterocycles. The Bertz CT molecular complexity index is 894. The van der Waals surface area contributed by atoms with Crippen molar-refractivity contribution >= 4 is 27.3 Å². The maximum Gasteiger partial charge on any atom is 0.255 e. The van der Waals surface area contributed by atoms with E-state index < -0.39 is 9.84 Å². The first kappa shape index (κ1) is 18.9. The zero-order chi connectivity index (χ0) is 18.7. The number of nitrogens with zero attached hydrogens (tertiary/aromatic N) is 1. The molecule has 0 bridgehead atoms. The van der Waals surface area contributed by atoms with Crippen LogP contribution in [-0.4, -0.2) is 36.8 Å². The topological polar surface area (TPSA) is 54.5 Å². The number of aryl methyl sites for hydroxylation is 1. The van der Waals surface area contributed by atoms with Gasteiger partial charge in [-0.25, -0.2) is 8.42 Å². The summed E-state index contributed by atoms with van der Waals surface area (Å²) in [6.07, 6.45) is 1.41. The molecule has 6 heteroatoms. The smallest absolute Gasteiger partial charge is 0.255 e. The van der Waals surface area contributed by atoms with Crippen molar-refractivity contribution in [3.05, 3.63) is 70.2 Å². The Labute approximate surface area is 159 Å². The highest BCUT2D eigenvalue weighted by atomic mass is 35.5. The zero-order valence-electron chi connectivity index (χ0n) is 14.7. The van der Waals surface area contributed by atoms with Gasteiger partial charge in [-0.2, -0.15) is 0 Å². The summed E-state index contributed by atoms with van der Waals surface area (Å²) in [5.41, 5.74) is 2.61. The van der Waals surface area contributed by atoms with E-state index in [4.69, 9.17) is 11.6 Å². The van der Waals surface area contributed by atoms with Crippen LogP contribution in [0.4, 0.5) is 0 Å². The van der Waals surface area contributed by atoms with Gasteiger partial charge in [0, 0.05) is 12.6 Å². The van der Waals surface area contributed by atoms with Crippen LogP contribution in [0.3, 0.4) is 0 Å². The minimum atomic E-state index is -3.10. The summed E-state index contributed by atoms with van der Waals surface area (Å²) in [6.45, 7) is 2.46. The van der Waals surface area contributed by atoms with E-state index >= 15 is 0 Å². The number of halogens is 1. The molecular weight excluding hydrogens is 370 g/mol. The molecule has 0 N–H and O–H groups in total. The third-order valence-electron chi connectivity index (χ3n) is 4.80. The summed E-state index contributed by atoms with van der Waals surface area (Å²) in [7, 11) is -3.10. The lowest BCUT2D eigenvalue weighted by Gasteiger charge is -2.29. The average Bonchev–Trinajstić information content (AvgIpc) is 2.99. The van der Waals surface area contributed by atoms with E-state index in [2.05, 4.69) is 6.92 Å². The molecule has 1 heterocycles. The quantitative estimate of drug-likeness (QED) is 0.780. The van der Waals surface area contributed by atoms with E-state index in [0.717, 1.165) is 12.0 Å². The normalized spacial score (nSPS) is 18.6. The monoisotopic (exact) mass is 391 g/mol. The fourth-order valence-electron chi connectivity index (χ4n) is 3.25. The van der Waals surface area contributed by atoms with Crippen LogP contribution in [0.15, 0.2) is 48.5 Å². The molecule has 1 atom stereocenters. The van der Waals surface area contributed by atoms with E-state index in [-0.39, 0.29) is 23.5 Å². The molecular formula is C20H22ClNO3S. The van der Waals surface area contributed by atoms with Gasteiger partial charge in [-0.1, -0.05) is 54.9 Å². The van der Waals surface area contributed by atoms with Crippen molar-refractivity contribution < 1.29 is 13.2 Å². The molecule has 0 unspecified atom stereocenters. The Morgan fingerprint density at radius 3 is 2.35 bits per heavy atom.